The zero-order valence-corrected chi connectivity index (χ0v) is 16.4. The minimum absolute atomic E-state index is 0.00917. The van der Waals surface area contributed by atoms with Gasteiger partial charge in [-0.2, -0.15) is 0 Å². The molecule has 2 N–H and O–H groups in total. The van der Waals surface area contributed by atoms with Crippen molar-refractivity contribution < 1.29 is 9.53 Å². The summed E-state index contributed by atoms with van der Waals surface area (Å²) in [6, 6.07) is 5.96. The maximum atomic E-state index is 12.2. The van der Waals surface area contributed by atoms with Crippen LogP contribution in [0.25, 0.3) is 0 Å². The van der Waals surface area contributed by atoms with E-state index in [0.717, 1.165) is 63.3 Å². The average molecular weight is 380 g/mol. The first-order chi connectivity index (χ1) is 12.7. The summed E-state index contributed by atoms with van der Waals surface area (Å²) in [4.78, 5) is 14.6. The largest absolute Gasteiger partial charge is 0.492 e. The number of carbonyl (C=O) groups is 1. The number of hydrogen-bond donors (Lipinski definition) is 2. The van der Waals surface area contributed by atoms with Crippen LogP contribution in [0.1, 0.15) is 38.2 Å². The third kappa shape index (κ3) is 5.12. The van der Waals surface area contributed by atoms with Crippen LogP contribution in [0.15, 0.2) is 18.2 Å². The van der Waals surface area contributed by atoms with Crippen molar-refractivity contribution in [3.8, 4) is 5.75 Å². The summed E-state index contributed by atoms with van der Waals surface area (Å²) in [5.41, 5.74) is 1.14. The van der Waals surface area contributed by atoms with Crippen LogP contribution in [0.4, 0.5) is 0 Å². The van der Waals surface area contributed by atoms with Crippen LogP contribution < -0.4 is 15.4 Å². The van der Waals surface area contributed by atoms with Crippen molar-refractivity contribution in [3.05, 3.63) is 28.8 Å². The van der Waals surface area contributed by atoms with Gasteiger partial charge in [0, 0.05) is 25.2 Å². The molecule has 3 rings (SSSR count). The fraction of sp³-hybridized carbons (Fsp3) is 0.650. The highest BCUT2D eigenvalue weighted by Gasteiger charge is 2.25. The maximum Gasteiger partial charge on any atom is 0.237 e. The average Bonchev–Trinajstić information content (AvgIpc) is 3.18. The van der Waals surface area contributed by atoms with Crippen LogP contribution in [0.3, 0.4) is 0 Å². The molecule has 5 nitrogen and oxygen atoms in total. The Morgan fingerprint density at radius 3 is 3.04 bits per heavy atom. The first kappa shape index (κ1) is 19.5. The number of hydrogen-bond acceptors (Lipinski definition) is 4. The van der Waals surface area contributed by atoms with E-state index < -0.39 is 0 Å². The van der Waals surface area contributed by atoms with Crippen LogP contribution in [0.2, 0.25) is 5.02 Å². The molecule has 1 aromatic rings. The van der Waals surface area contributed by atoms with Gasteiger partial charge in [-0.1, -0.05) is 23.7 Å². The van der Waals surface area contributed by atoms with Crippen molar-refractivity contribution in [1.29, 1.82) is 0 Å². The van der Waals surface area contributed by atoms with Crippen LogP contribution in [0.5, 0.6) is 5.75 Å². The zero-order valence-electron chi connectivity index (χ0n) is 15.6. The molecule has 0 saturated carbocycles. The third-order valence-corrected chi connectivity index (χ3v) is 5.57. The van der Waals surface area contributed by atoms with Crippen molar-refractivity contribution in [2.45, 2.75) is 45.2 Å². The Morgan fingerprint density at radius 1 is 1.38 bits per heavy atom. The summed E-state index contributed by atoms with van der Waals surface area (Å²) in [6.45, 7) is 7.22. The quantitative estimate of drug-likeness (QED) is 0.764. The van der Waals surface area contributed by atoms with Crippen molar-refractivity contribution >= 4 is 17.5 Å². The van der Waals surface area contributed by atoms with E-state index in [0.29, 0.717) is 17.5 Å². The number of rotatable bonds is 7. The summed E-state index contributed by atoms with van der Waals surface area (Å²) >= 11 is 6.30. The van der Waals surface area contributed by atoms with Gasteiger partial charge in [0.15, 0.2) is 0 Å². The molecule has 26 heavy (non-hydrogen) atoms. The lowest BCUT2D eigenvalue weighted by molar-refractivity contribution is -0.123. The van der Waals surface area contributed by atoms with Crippen LogP contribution in [-0.4, -0.2) is 49.6 Å². The van der Waals surface area contributed by atoms with E-state index in [1.807, 2.05) is 19.1 Å². The van der Waals surface area contributed by atoms with Crippen LogP contribution in [0, 0.1) is 5.92 Å². The topological polar surface area (TPSA) is 53.6 Å². The van der Waals surface area contributed by atoms with E-state index in [9.17, 15) is 4.79 Å². The number of amides is 1. The normalized spacial score (nSPS) is 23.8. The summed E-state index contributed by atoms with van der Waals surface area (Å²) in [7, 11) is 0. The lowest BCUT2D eigenvalue weighted by Gasteiger charge is -2.33. The second kappa shape index (κ2) is 9.58. The fourth-order valence-corrected chi connectivity index (χ4v) is 4.21. The summed E-state index contributed by atoms with van der Waals surface area (Å²) in [5, 5.41) is 7.08. The Labute approximate surface area is 161 Å². The van der Waals surface area contributed by atoms with E-state index >= 15 is 0 Å². The number of halogens is 1. The van der Waals surface area contributed by atoms with Gasteiger partial charge >= 0.3 is 0 Å². The lowest BCUT2D eigenvalue weighted by Crippen LogP contribution is -2.45. The number of para-hydroxylation sites is 1. The molecule has 2 unspecified atom stereocenters. The van der Waals surface area contributed by atoms with Gasteiger partial charge in [0.05, 0.1) is 17.7 Å². The summed E-state index contributed by atoms with van der Waals surface area (Å²) in [5.74, 6) is 1.47. The van der Waals surface area contributed by atoms with Gasteiger partial charge in [0.1, 0.15) is 5.75 Å². The first-order valence-electron chi connectivity index (χ1n) is 9.81. The molecule has 0 aliphatic carbocycles. The molecular formula is C20H30ClN3O2. The van der Waals surface area contributed by atoms with Gasteiger partial charge in [-0.25, -0.2) is 0 Å². The van der Waals surface area contributed by atoms with Gasteiger partial charge in [0.2, 0.25) is 5.91 Å². The highest BCUT2D eigenvalue weighted by atomic mass is 35.5. The van der Waals surface area contributed by atoms with Crippen molar-refractivity contribution in [3.63, 3.8) is 0 Å². The van der Waals surface area contributed by atoms with E-state index in [2.05, 4.69) is 21.6 Å². The second-order valence-corrected chi connectivity index (χ2v) is 7.71. The van der Waals surface area contributed by atoms with E-state index in [1.165, 1.54) is 6.42 Å². The highest BCUT2D eigenvalue weighted by molar-refractivity contribution is 6.32. The second-order valence-electron chi connectivity index (χ2n) is 7.30. The summed E-state index contributed by atoms with van der Waals surface area (Å²) < 4.78 is 5.75. The Balaban J connectivity index is 1.52. The molecular weight excluding hydrogens is 350 g/mol. The predicted octanol–water partition coefficient (Wildman–Crippen LogP) is 2.82. The van der Waals surface area contributed by atoms with E-state index in [4.69, 9.17) is 16.3 Å². The van der Waals surface area contributed by atoms with E-state index in [1.54, 1.807) is 0 Å². The number of piperidine rings is 1. The standard InChI is InChI=1S/C20H30ClN3O2/c1-2-26-19-16(7-3-8-17(19)21)14-24-11-5-6-15(13-24)12-23-20(25)18-9-4-10-22-18/h3,7-8,15,18,22H,2,4-6,9-14H2,1H3,(H,23,25). The Kier molecular flexibility index (Phi) is 7.17. The first-order valence-corrected chi connectivity index (χ1v) is 10.2. The van der Waals surface area contributed by atoms with Gasteiger partial charge in [-0.05, 0) is 57.7 Å². The molecule has 2 heterocycles. The number of nitrogens with one attached hydrogen (secondary N) is 2. The van der Waals surface area contributed by atoms with Crippen molar-refractivity contribution in [2.24, 2.45) is 5.92 Å². The highest BCUT2D eigenvalue weighted by Crippen LogP contribution is 2.30. The Hall–Kier alpha value is -1.30. The molecule has 1 aromatic carbocycles. The number of ether oxygens (including phenoxy) is 1. The third-order valence-electron chi connectivity index (χ3n) is 5.28. The lowest BCUT2D eigenvalue weighted by atomic mass is 9.97. The van der Waals surface area contributed by atoms with Gasteiger partial charge in [0.25, 0.3) is 0 Å². The smallest absolute Gasteiger partial charge is 0.237 e. The fourth-order valence-electron chi connectivity index (χ4n) is 3.96. The molecule has 0 aromatic heterocycles. The van der Waals surface area contributed by atoms with Gasteiger partial charge in [-0.3, -0.25) is 9.69 Å². The summed E-state index contributed by atoms with van der Waals surface area (Å²) in [6.07, 6.45) is 4.38. The van der Waals surface area contributed by atoms with Crippen molar-refractivity contribution in [1.82, 2.24) is 15.5 Å². The molecule has 0 spiro atoms. The zero-order chi connectivity index (χ0) is 18.4. The molecule has 2 fully saturated rings. The molecule has 2 saturated heterocycles. The van der Waals surface area contributed by atoms with E-state index in [-0.39, 0.29) is 11.9 Å². The van der Waals surface area contributed by atoms with Crippen LogP contribution in [-0.2, 0) is 11.3 Å². The SMILES string of the molecule is CCOc1c(Cl)cccc1CN1CCCC(CNC(=O)C2CCCN2)C1. The van der Waals surface area contributed by atoms with Gasteiger partial charge in [-0.15, -0.1) is 0 Å². The molecule has 6 heteroatoms. The van der Waals surface area contributed by atoms with Crippen molar-refractivity contribution in [2.75, 3.05) is 32.8 Å². The molecule has 2 aliphatic rings. The molecule has 2 atom stereocenters. The van der Waals surface area contributed by atoms with Gasteiger partial charge < -0.3 is 15.4 Å². The molecule has 1 amide bonds. The maximum absolute atomic E-state index is 12.2. The number of benzene rings is 1. The minimum Gasteiger partial charge on any atom is -0.492 e. The molecule has 144 valence electrons. The molecule has 0 radical (unpaired) electrons. The number of carbonyl (C=O) groups excluding carboxylic acids is 1. The van der Waals surface area contributed by atoms with Crippen LogP contribution >= 0.6 is 11.6 Å². The number of likely N-dealkylation sites (tertiary alicyclic amines) is 1. The minimum atomic E-state index is 0.00917. The predicted molar refractivity (Wildman–Crippen MR) is 105 cm³/mol. The monoisotopic (exact) mass is 379 g/mol. The molecule has 0 bridgehead atoms. The molecule has 2 aliphatic heterocycles. The number of nitrogens with zero attached hydrogens (tertiary/aromatic N) is 1. The Morgan fingerprint density at radius 2 is 2.27 bits per heavy atom. The Bertz CT molecular complexity index is 605.